The fourth-order valence-electron chi connectivity index (χ4n) is 2.49. The zero-order chi connectivity index (χ0) is 21.5. The van der Waals surface area contributed by atoms with Gasteiger partial charge < -0.3 is 18.6 Å². The van der Waals surface area contributed by atoms with Gasteiger partial charge in [-0.15, -0.1) is 0 Å². The zero-order valence-electron chi connectivity index (χ0n) is 18.6. The molecule has 0 aliphatic carbocycles. The second kappa shape index (κ2) is 28.0. The van der Waals surface area contributed by atoms with Crippen LogP contribution in [0.1, 0.15) is 104 Å². The Morgan fingerprint density at radius 1 is 0.724 bits per heavy atom. The Kier molecular flexibility index (Phi) is 32.5. The van der Waals surface area contributed by atoms with Crippen LogP contribution < -0.4 is 29.6 Å². The molecule has 7 nitrogen and oxygen atoms in total. The van der Waals surface area contributed by atoms with Gasteiger partial charge in [-0.05, 0) is 12.8 Å². The fourth-order valence-corrected chi connectivity index (χ4v) is 2.49. The third-order valence-electron chi connectivity index (χ3n) is 4.06. The number of ether oxygens (including phenoxy) is 2. The molecule has 168 valence electrons. The number of esters is 2. The van der Waals surface area contributed by atoms with Crippen molar-refractivity contribution < 1.29 is 61.9 Å². The maximum atomic E-state index is 11.5. The van der Waals surface area contributed by atoms with Crippen LogP contribution in [0.15, 0.2) is 0 Å². The third-order valence-corrected chi connectivity index (χ3v) is 4.06. The van der Waals surface area contributed by atoms with E-state index in [9.17, 15) is 9.59 Å². The molecule has 0 aliphatic rings. The summed E-state index contributed by atoms with van der Waals surface area (Å²) < 4.78 is 34.3. The van der Waals surface area contributed by atoms with Crippen molar-refractivity contribution >= 4 is 23.3 Å². The molecule has 1 N–H and O–H groups in total. The van der Waals surface area contributed by atoms with Crippen LogP contribution in [-0.2, 0) is 30.4 Å². The predicted molar refractivity (Wildman–Crippen MR) is 109 cm³/mol. The summed E-state index contributed by atoms with van der Waals surface area (Å²) in [6.07, 6.45) is 14.3. The van der Waals surface area contributed by atoms with Gasteiger partial charge in [0, 0.05) is 0 Å². The van der Waals surface area contributed by atoms with Crippen molar-refractivity contribution in [1.82, 2.24) is 0 Å². The summed E-state index contributed by atoms with van der Waals surface area (Å²) in [5.41, 5.74) is 0. The summed E-state index contributed by atoms with van der Waals surface area (Å²) in [4.78, 5) is 23.1. The van der Waals surface area contributed by atoms with Crippen LogP contribution in [0, 0.1) is 0 Å². The smallest absolute Gasteiger partial charge is 0.750 e. The topological polar surface area (TPSA) is 113 Å². The summed E-state index contributed by atoms with van der Waals surface area (Å²) in [5, 5.41) is 0. The Balaban J connectivity index is -0.00000123. The maximum Gasteiger partial charge on any atom is 1.00 e. The first-order chi connectivity index (χ1) is 13.4. The van der Waals surface area contributed by atoms with Gasteiger partial charge in [-0.3, -0.25) is 9.59 Å². The van der Waals surface area contributed by atoms with Crippen molar-refractivity contribution in [2.75, 3.05) is 13.2 Å². The van der Waals surface area contributed by atoms with E-state index in [0.29, 0.717) is 13.2 Å². The predicted octanol–water partition coefficient (Wildman–Crippen LogP) is 1.92. The van der Waals surface area contributed by atoms with Crippen LogP contribution in [0.2, 0.25) is 0 Å². The molecule has 0 aromatic carbocycles. The molecule has 0 aromatic heterocycles. The van der Waals surface area contributed by atoms with Crippen molar-refractivity contribution in [2.45, 2.75) is 104 Å². The Bertz CT molecular complexity index is 361. The van der Waals surface area contributed by atoms with E-state index in [1.54, 1.807) is 0 Å². The molecule has 0 aliphatic heterocycles. The average molecular weight is 447 g/mol. The summed E-state index contributed by atoms with van der Waals surface area (Å²) in [5.74, 6) is -0.583. The summed E-state index contributed by atoms with van der Waals surface area (Å²) >= 11 is -2.86. The first-order valence-corrected chi connectivity index (χ1v) is 11.6. The van der Waals surface area contributed by atoms with Gasteiger partial charge in [-0.1, -0.05) is 78.1 Å². The first-order valence-electron chi connectivity index (χ1n) is 10.5. The average Bonchev–Trinajstić information content (AvgIpc) is 2.64. The summed E-state index contributed by atoms with van der Waals surface area (Å²) in [6, 6.07) is 0. The molecule has 0 spiro atoms. The van der Waals surface area contributed by atoms with Crippen molar-refractivity contribution in [2.24, 2.45) is 0 Å². The van der Waals surface area contributed by atoms with E-state index in [0.717, 1.165) is 25.7 Å². The normalized spacial score (nSPS) is 10.9. The minimum atomic E-state index is -2.86. The van der Waals surface area contributed by atoms with Crippen LogP contribution in [-0.4, -0.2) is 38.5 Å². The van der Waals surface area contributed by atoms with Crippen molar-refractivity contribution in [3.63, 3.8) is 0 Å². The van der Waals surface area contributed by atoms with E-state index in [-0.39, 0.29) is 54.3 Å². The molecule has 29 heavy (non-hydrogen) atoms. The molecule has 0 fully saturated rings. The molecule has 0 amide bonds. The van der Waals surface area contributed by atoms with E-state index in [1.807, 2.05) is 0 Å². The largest absolute Gasteiger partial charge is 1.00 e. The van der Waals surface area contributed by atoms with Crippen LogP contribution in [0.5, 0.6) is 0 Å². The van der Waals surface area contributed by atoms with Crippen LogP contribution >= 0.6 is 0 Å². The van der Waals surface area contributed by atoms with Crippen molar-refractivity contribution in [3.05, 3.63) is 0 Å². The molecule has 1 unspecified atom stereocenters. The van der Waals surface area contributed by atoms with Gasteiger partial charge in [0.25, 0.3) is 0 Å². The molecule has 9 heteroatoms. The molecule has 0 aromatic rings. The van der Waals surface area contributed by atoms with Crippen LogP contribution in [0.3, 0.4) is 0 Å². The molecule has 0 radical (unpaired) electrons. The van der Waals surface area contributed by atoms with E-state index in [2.05, 4.69) is 13.8 Å². The first kappa shape index (κ1) is 33.6. The monoisotopic (exact) mass is 446 g/mol. The molecule has 1 atom stereocenters. The van der Waals surface area contributed by atoms with E-state index < -0.39 is 11.4 Å². The SMILES string of the molecule is CCCCCCCCOC(=O)CCC(=O)OCCCCCCCC.O=S([O-])O.[Na+]. The zero-order valence-corrected chi connectivity index (χ0v) is 21.4. The number of carbonyl (C=O) groups excluding carboxylic acids is 2. The minimum absolute atomic E-state index is 0. The molecule has 0 rings (SSSR count). The van der Waals surface area contributed by atoms with Crippen LogP contribution in [0.4, 0.5) is 0 Å². The number of rotatable bonds is 17. The van der Waals surface area contributed by atoms with Gasteiger partial charge in [0.1, 0.15) is 0 Å². The summed E-state index contributed by atoms with van der Waals surface area (Å²) in [7, 11) is 0. The van der Waals surface area contributed by atoms with Gasteiger partial charge >= 0.3 is 41.5 Å². The fraction of sp³-hybridized carbons (Fsp3) is 0.900. The molecule has 0 saturated heterocycles. The van der Waals surface area contributed by atoms with E-state index in [4.69, 9.17) is 22.8 Å². The molecular formula is C20H39NaO7S. The number of hydrogen-bond acceptors (Lipinski definition) is 6. The number of hydrogen-bond donors (Lipinski definition) is 1. The number of carbonyl (C=O) groups is 2. The van der Waals surface area contributed by atoms with E-state index >= 15 is 0 Å². The summed E-state index contributed by atoms with van der Waals surface area (Å²) in [6.45, 7) is 5.33. The molecule has 0 saturated carbocycles. The van der Waals surface area contributed by atoms with E-state index in [1.165, 1.54) is 51.4 Å². The van der Waals surface area contributed by atoms with Gasteiger partial charge in [0.05, 0.1) is 37.4 Å². The van der Waals surface area contributed by atoms with Gasteiger partial charge in [0.15, 0.2) is 0 Å². The molecule has 0 bridgehead atoms. The molecular weight excluding hydrogens is 407 g/mol. The second-order valence-corrected chi connectivity index (χ2v) is 7.13. The minimum Gasteiger partial charge on any atom is -0.750 e. The Morgan fingerprint density at radius 3 is 1.31 bits per heavy atom. The standard InChI is InChI=1S/C20H38O4.Na.H2O3S/c1-3-5-7-9-11-13-17-23-19(21)15-16-20(22)24-18-14-12-10-8-6-4-2;;1-4(2)3/h3-18H2,1-2H3;;(H2,1,2,3)/q;+1;/p-1. The second-order valence-electron chi connectivity index (χ2n) is 6.69. The van der Waals surface area contributed by atoms with Crippen LogP contribution in [0.25, 0.3) is 0 Å². The number of unbranched alkanes of at least 4 members (excludes halogenated alkanes) is 10. The molecule has 0 heterocycles. The Hall–Kier alpha value is 0.01000. The Labute approximate surface area is 201 Å². The Morgan fingerprint density at radius 2 is 1.00 bits per heavy atom. The van der Waals surface area contributed by atoms with Gasteiger partial charge in [-0.2, -0.15) is 0 Å². The van der Waals surface area contributed by atoms with Gasteiger partial charge in [-0.25, -0.2) is 4.21 Å². The third kappa shape index (κ3) is 35.8. The maximum absolute atomic E-state index is 11.5. The van der Waals surface area contributed by atoms with Gasteiger partial charge in [0.2, 0.25) is 0 Å². The van der Waals surface area contributed by atoms with Crippen molar-refractivity contribution in [3.8, 4) is 0 Å². The quantitative estimate of drug-likeness (QED) is 0.157. The van der Waals surface area contributed by atoms with Crippen molar-refractivity contribution in [1.29, 1.82) is 0 Å².